The van der Waals surface area contributed by atoms with Crippen molar-refractivity contribution in [2.75, 3.05) is 19.7 Å². The Balaban J connectivity index is 1.32. The van der Waals surface area contributed by atoms with Gasteiger partial charge in [-0.2, -0.15) is 0 Å². The molecule has 0 unspecified atom stereocenters. The summed E-state index contributed by atoms with van der Waals surface area (Å²) >= 11 is 23.9. The first kappa shape index (κ1) is 34.4. The number of imide groups is 1. The van der Waals surface area contributed by atoms with Gasteiger partial charge < -0.3 is 19.1 Å². The van der Waals surface area contributed by atoms with Gasteiger partial charge in [0, 0.05) is 55.1 Å². The van der Waals surface area contributed by atoms with Crippen LogP contribution >= 0.6 is 50.7 Å². The van der Waals surface area contributed by atoms with Crippen LogP contribution in [0.2, 0.25) is 5.02 Å². The highest BCUT2D eigenvalue weighted by atomic mass is 79.9. The van der Waals surface area contributed by atoms with Crippen molar-refractivity contribution in [3.8, 4) is 17.2 Å². The first-order chi connectivity index (χ1) is 23.7. The van der Waals surface area contributed by atoms with Gasteiger partial charge in [0.2, 0.25) is 0 Å². The average Bonchev–Trinajstić information content (AvgIpc) is 3.43. The van der Waals surface area contributed by atoms with Crippen LogP contribution in [0, 0.1) is 0 Å². The highest BCUT2D eigenvalue weighted by molar-refractivity contribution is 9.09. The first-order valence-electron chi connectivity index (χ1n) is 15.3. The molecule has 0 bridgehead atoms. The molecule has 1 aliphatic carbocycles. The summed E-state index contributed by atoms with van der Waals surface area (Å²) in [5.41, 5.74) is -0.456. The number of rotatable bonds is 7. The number of aromatic hydroxyl groups is 1. The number of halogens is 4. The maximum absolute atomic E-state index is 14.2. The molecule has 1 N–H and O–H groups in total. The molecule has 1 saturated heterocycles. The molecule has 262 valence electrons. The number of amides is 2. The van der Waals surface area contributed by atoms with Crippen LogP contribution < -0.4 is 26.4 Å². The maximum Gasteiger partial charge on any atom is 0.347 e. The third-order valence-corrected chi connectivity index (χ3v) is 12.0. The summed E-state index contributed by atoms with van der Waals surface area (Å²) in [5, 5.41) is 11.2. The molecule has 7 rings (SSSR count). The van der Waals surface area contributed by atoms with Gasteiger partial charge in [0.25, 0.3) is 17.4 Å². The molecular weight excluding hydrogens is 783 g/mol. The van der Waals surface area contributed by atoms with E-state index in [4.69, 9.17) is 44.3 Å². The van der Waals surface area contributed by atoms with Crippen molar-refractivity contribution in [3.63, 3.8) is 0 Å². The number of benzene rings is 2. The summed E-state index contributed by atoms with van der Waals surface area (Å²) in [6.45, 7) is -0.304. The Morgan fingerprint density at radius 1 is 1.02 bits per heavy atom. The summed E-state index contributed by atoms with van der Waals surface area (Å²) in [5.74, 6) is -2.23. The lowest BCUT2D eigenvalue weighted by molar-refractivity contribution is -0.138. The minimum absolute atomic E-state index is 0.0719. The monoisotopic (exact) mass is 808 g/mol. The predicted octanol–water partition coefficient (Wildman–Crippen LogP) is 3.02. The number of nitrogens with zero attached hydrogens (tertiary/aromatic N) is 6. The van der Waals surface area contributed by atoms with Crippen LogP contribution in [0.1, 0.15) is 29.6 Å². The fourth-order valence-corrected chi connectivity index (χ4v) is 9.02. The van der Waals surface area contributed by atoms with Gasteiger partial charge in [-0.05, 0) is 23.8 Å². The number of ether oxygens (including phenoxy) is 2. The van der Waals surface area contributed by atoms with Gasteiger partial charge in [-0.25, -0.2) is 28.5 Å². The fourth-order valence-electron chi connectivity index (χ4n) is 7.45. The van der Waals surface area contributed by atoms with E-state index in [9.17, 15) is 29.1 Å². The zero-order valence-electron chi connectivity index (χ0n) is 26.7. The zero-order valence-corrected chi connectivity index (χ0v) is 30.5. The van der Waals surface area contributed by atoms with E-state index < -0.39 is 50.5 Å². The minimum Gasteiger partial charge on any atom is -0.508 e. The van der Waals surface area contributed by atoms with Crippen molar-refractivity contribution in [2.45, 2.75) is 47.6 Å². The van der Waals surface area contributed by atoms with Gasteiger partial charge in [-0.3, -0.25) is 19.3 Å². The van der Waals surface area contributed by atoms with Crippen LogP contribution in [0.25, 0.3) is 11.0 Å². The third-order valence-electron chi connectivity index (χ3n) is 9.88. The van der Waals surface area contributed by atoms with Crippen LogP contribution in [-0.2, 0) is 36.1 Å². The van der Waals surface area contributed by atoms with Crippen molar-refractivity contribution in [1.29, 1.82) is 0 Å². The van der Waals surface area contributed by atoms with E-state index in [1.54, 1.807) is 25.3 Å². The van der Waals surface area contributed by atoms with Gasteiger partial charge in [-0.15, -0.1) is 23.2 Å². The molecular formula is C32H28BrCl3N6O8. The standard InChI is InChI=1S/C32H28BrCl3N6O8/c1-38-20-12-24(50-3)23(49-2)11-19(20)37-18(26(38)44)7-8-39-29(47)41-9-6-16-21(42(41)30(39)48)13-31(35)27(45)40(14-33)28(46)32(31,36)25(16)17-10-15(34)4-5-22(17)43/h4-6,10-12,21,25,43H,7-9,13-14H2,1-3H3/t21-,25-,31-,32+/m1/s1. The Bertz CT molecular complexity index is 2370. The largest absolute Gasteiger partial charge is 0.508 e. The number of methoxy groups -OCH3 is 2. The molecule has 4 heterocycles. The molecule has 2 amide bonds. The maximum atomic E-state index is 14.2. The second kappa shape index (κ2) is 12.0. The van der Waals surface area contributed by atoms with Gasteiger partial charge in [0.15, 0.2) is 21.2 Å². The molecule has 3 aliphatic rings. The molecule has 1 saturated carbocycles. The summed E-state index contributed by atoms with van der Waals surface area (Å²) in [4.78, 5) is 70.2. The van der Waals surface area contributed by atoms with Crippen molar-refractivity contribution < 1.29 is 24.2 Å². The number of fused-ring (bicyclic) bond motifs is 5. The molecule has 50 heavy (non-hydrogen) atoms. The second-order valence-corrected chi connectivity index (χ2v) is 14.4. The number of carbonyl (C=O) groups excluding carboxylic acids is 2. The van der Waals surface area contributed by atoms with Crippen LogP contribution in [-0.4, -0.2) is 74.7 Å². The molecule has 4 atom stereocenters. The molecule has 2 aromatic carbocycles. The Morgan fingerprint density at radius 2 is 1.72 bits per heavy atom. The lowest BCUT2D eigenvalue weighted by Gasteiger charge is -2.49. The van der Waals surface area contributed by atoms with Crippen molar-refractivity contribution in [2.24, 2.45) is 7.05 Å². The zero-order chi connectivity index (χ0) is 36.0. The van der Waals surface area contributed by atoms with E-state index in [2.05, 4.69) is 20.9 Å². The average molecular weight is 811 g/mol. The summed E-state index contributed by atoms with van der Waals surface area (Å²) in [6.07, 6.45) is 1.26. The Morgan fingerprint density at radius 3 is 2.40 bits per heavy atom. The van der Waals surface area contributed by atoms with Crippen molar-refractivity contribution in [1.82, 2.24) is 28.4 Å². The number of likely N-dealkylation sites (tertiary alicyclic amines) is 1. The molecule has 2 aliphatic heterocycles. The number of carbonyl (C=O) groups is 2. The number of hydrogen-bond donors (Lipinski definition) is 1. The first-order valence-corrected chi connectivity index (χ1v) is 17.5. The lowest BCUT2D eigenvalue weighted by Crippen LogP contribution is -2.59. The van der Waals surface area contributed by atoms with E-state index in [0.717, 1.165) is 9.47 Å². The molecule has 0 radical (unpaired) electrons. The number of aryl methyl sites for hydroxylation is 2. The van der Waals surface area contributed by atoms with Gasteiger partial charge in [-0.1, -0.05) is 33.6 Å². The van der Waals surface area contributed by atoms with Crippen molar-refractivity contribution in [3.05, 3.63) is 89.6 Å². The highest BCUT2D eigenvalue weighted by Gasteiger charge is 2.75. The molecule has 2 fully saturated rings. The molecule has 2 aromatic heterocycles. The second-order valence-electron chi connectivity index (χ2n) is 12.2. The van der Waals surface area contributed by atoms with E-state index >= 15 is 0 Å². The highest BCUT2D eigenvalue weighted by Crippen LogP contribution is 2.64. The SMILES string of the molecule is COc1cc2nc(CCn3c(=O)n4n(c3=O)[C@@H]3C[C@@]5(Cl)C(=O)N(CBr)C(=O)[C@@]5(Cl)[C@@H](c5cc(Cl)ccc5O)C3=CC4)c(=O)n(C)c2cc1OC. The van der Waals surface area contributed by atoms with Crippen molar-refractivity contribution >= 4 is 73.6 Å². The quantitative estimate of drug-likeness (QED) is 0.128. The van der Waals surface area contributed by atoms with Crippen LogP contribution in [0.3, 0.4) is 0 Å². The van der Waals surface area contributed by atoms with Gasteiger partial charge in [0.05, 0.1) is 43.3 Å². The molecule has 4 aromatic rings. The molecule has 0 spiro atoms. The van der Waals surface area contributed by atoms with Gasteiger partial charge in [0.1, 0.15) is 11.4 Å². The molecule has 18 heteroatoms. The van der Waals surface area contributed by atoms with E-state index in [0.29, 0.717) is 28.1 Å². The van der Waals surface area contributed by atoms with E-state index in [-0.39, 0.29) is 53.4 Å². The normalized spacial score (nSPS) is 24.2. The number of allylic oxidation sites excluding steroid dienone is 2. The lowest BCUT2D eigenvalue weighted by atomic mass is 9.64. The van der Waals surface area contributed by atoms with E-state index in [1.807, 2.05) is 0 Å². The summed E-state index contributed by atoms with van der Waals surface area (Å²) in [6, 6.07) is 6.45. The fraction of sp³-hybridized carbons (Fsp3) is 0.375. The number of phenolic OH excluding ortho intramolecular Hbond substituents is 1. The van der Waals surface area contributed by atoms with Crippen LogP contribution in [0.15, 0.2) is 56.4 Å². The number of aromatic nitrogens is 5. The Labute approximate surface area is 306 Å². The molecule has 14 nitrogen and oxygen atoms in total. The van der Waals surface area contributed by atoms with Gasteiger partial charge >= 0.3 is 11.4 Å². The summed E-state index contributed by atoms with van der Waals surface area (Å²) in [7, 11) is 4.53. The Hall–Kier alpha value is -4.05. The number of alkyl halides is 3. The number of hydrogen-bond acceptors (Lipinski definition) is 9. The number of phenols is 1. The van der Waals surface area contributed by atoms with Crippen LogP contribution in [0.5, 0.6) is 17.2 Å². The Kier molecular flexibility index (Phi) is 8.28. The minimum atomic E-state index is -2.12. The van der Waals surface area contributed by atoms with E-state index in [1.165, 1.54) is 46.3 Å². The summed E-state index contributed by atoms with van der Waals surface area (Å²) < 4.78 is 15.5. The third kappa shape index (κ3) is 4.59. The topological polar surface area (TPSA) is 160 Å². The van der Waals surface area contributed by atoms with Crippen LogP contribution in [0.4, 0.5) is 0 Å². The smallest absolute Gasteiger partial charge is 0.347 e. The predicted molar refractivity (Wildman–Crippen MR) is 187 cm³/mol.